The van der Waals surface area contributed by atoms with Crippen LogP contribution < -0.4 is 10.5 Å². The Labute approximate surface area is 128 Å². The topological polar surface area (TPSA) is 74.2 Å². The Morgan fingerprint density at radius 1 is 1.29 bits per heavy atom. The van der Waals surface area contributed by atoms with Crippen LogP contribution in [0.2, 0.25) is 5.02 Å². The third-order valence-electron chi connectivity index (χ3n) is 3.97. The first-order chi connectivity index (χ1) is 10.2. The Hall–Kier alpha value is -1.59. The summed E-state index contributed by atoms with van der Waals surface area (Å²) in [6.45, 7) is 0. The molecule has 0 aliphatic heterocycles. The number of aromatic nitrogens is 2. The van der Waals surface area contributed by atoms with Crippen LogP contribution in [0.5, 0.6) is 5.75 Å². The second-order valence-corrected chi connectivity index (χ2v) is 5.85. The summed E-state index contributed by atoms with van der Waals surface area (Å²) in [6.07, 6.45) is 4.01. The van der Waals surface area contributed by atoms with Gasteiger partial charge in [-0.3, -0.25) is 0 Å². The smallest absolute Gasteiger partial charge is 0.230 e. The normalized spacial score (nSPS) is 22.2. The van der Waals surface area contributed by atoms with Gasteiger partial charge < -0.3 is 15.0 Å². The molecule has 1 aromatic carbocycles. The third-order valence-corrected chi connectivity index (χ3v) is 4.20. The molecule has 112 valence electrons. The Morgan fingerprint density at radius 3 is 2.76 bits per heavy atom. The van der Waals surface area contributed by atoms with Crippen LogP contribution in [0.15, 0.2) is 22.7 Å². The van der Waals surface area contributed by atoms with Crippen LogP contribution in [-0.4, -0.2) is 23.3 Å². The Kier molecular flexibility index (Phi) is 4.12. The van der Waals surface area contributed by atoms with Crippen LogP contribution >= 0.6 is 11.6 Å². The zero-order valence-corrected chi connectivity index (χ0v) is 12.6. The van der Waals surface area contributed by atoms with Gasteiger partial charge in [-0.1, -0.05) is 16.8 Å². The lowest BCUT2D eigenvalue weighted by Crippen LogP contribution is -2.25. The van der Waals surface area contributed by atoms with Crippen molar-refractivity contribution in [2.75, 3.05) is 7.11 Å². The Morgan fingerprint density at radius 2 is 2.05 bits per heavy atom. The van der Waals surface area contributed by atoms with E-state index in [1.807, 2.05) is 6.07 Å². The zero-order valence-electron chi connectivity index (χ0n) is 11.9. The predicted octanol–water partition coefficient (Wildman–Crippen LogP) is 3.38. The average molecular weight is 308 g/mol. The van der Waals surface area contributed by atoms with Gasteiger partial charge in [0, 0.05) is 17.0 Å². The molecule has 1 aromatic heterocycles. The van der Waals surface area contributed by atoms with Crippen molar-refractivity contribution in [3.8, 4) is 17.1 Å². The molecule has 1 saturated carbocycles. The summed E-state index contributed by atoms with van der Waals surface area (Å²) < 4.78 is 10.8. The number of hydrogen-bond acceptors (Lipinski definition) is 5. The van der Waals surface area contributed by atoms with Gasteiger partial charge in [-0.25, -0.2) is 0 Å². The zero-order chi connectivity index (χ0) is 14.8. The number of ether oxygens (including phenoxy) is 1. The lowest BCUT2D eigenvalue weighted by Gasteiger charge is -2.22. The van der Waals surface area contributed by atoms with Gasteiger partial charge >= 0.3 is 0 Å². The number of methoxy groups -OCH3 is 1. The summed E-state index contributed by atoms with van der Waals surface area (Å²) in [4.78, 5) is 4.53. The fourth-order valence-corrected chi connectivity index (χ4v) is 2.89. The van der Waals surface area contributed by atoms with Crippen molar-refractivity contribution < 1.29 is 9.26 Å². The maximum Gasteiger partial charge on any atom is 0.230 e. The van der Waals surface area contributed by atoms with Crippen LogP contribution in [0.1, 0.15) is 37.5 Å². The molecule has 3 rings (SSSR count). The average Bonchev–Trinajstić information content (AvgIpc) is 2.97. The van der Waals surface area contributed by atoms with Crippen molar-refractivity contribution in [3.05, 3.63) is 29.1 Å². The summed E-state index contributed by atoms with van der Waals surface area (Å²) in [5.74, 6) is 2.17. The van der Waals surface area contributed by atoms with E-state index < -0.39 is 0 Å². The first-order valence-corrected chi connectivity index (χ1v) is 7.48. The second kappa shape index (κ2) is 6.03. The van der Waals surface area contributed by atoms with Crippen LogP contribution in [-0.2, 0) is 0 Å². The van der Waals surface area contributed by atoms with Gasteiger partial charge in [-0.05, 0) is 43.9 Å². The maximum absolute atomic E-state index is 5.97. The monoisotopic (exact) mass is 307 g/mol. The number of rotatable bonds is 3. The molecular weight excluding hydrogens is 290 g/mol. The molecule has 0 saturated heterocycles. The van der Waals surface area contributed by atoms with E-state index in [1.165, 1.54) is 0 Å². The van der Waals surface area contributed by atoms with Gasteiger partial charge in [0.25, 0.3) is 0 Å². The fourth-order valence-electron chi connectivity index (χ4n) is 2.73. The molecule has 6 heteroatoms. The van der Waals surface area contributed by atoms with Crippen molar-refractivity contribution in [2.24, 2.45) is 5.73 Å². The van der Waals surface area contributed by atoms with Crippen LogP contribution in [0.4, 0.5) is 0 Å². The summed E-state index contributed by atoms with van der Waals surface area (Å²) >= 11 is 5.97. The van der Waals surface area contributed by atoms with Gasteiger partial charge in [0.05, 0.1) is 12.7 Å². The van der Waals surface area contributed by atoms with Crippen LogP contribution in [0.3, 0.4) is 0 Å². The molecule has 2 N–H and O–H groups in total. The molecule has 1 fully saturated rings. The second-order valence-electron chi connectivity index (χ2n) is 5.41. The highest BCUT2D eigenvalue weighted by molar-refractivity contribution is 6.30. The highest BCUT2D eigenvalue weighted by Crippen LogP contribution is 2.34. The van der Waals surface area contributed by atoms with E-state index in [2.05, 4.69) is 10.1 Å². The summed E-state index contributed by atoms with van der Waals surface area (Å²) in [5, 5.41) is 4.69. The molecule has 1 heterocycles. The van der Waals surface area contributed by atoms with Gasteiger partial charge in [-0.15, -0.1) is 0 Å². The lowest BCUT2D eigenvalue weighted by molar-refractivity contribution is 0.301. The first-order valence-electron chi connectivity index (χ1n) is 7.10. The van der Waals surface area contributed by atoms with E-state index in [1.54, 1.807) is 19.2 Å². The van der Waals surface area contributed by atoms with Crippen molar-refractivity contribution in [1.82, 2.24) is 10.1 Å². The molecule has 0 spiro atoms. The molecule has 0 radical (unpaired) electrons. The molecule has 0 atom stereocenters. The summed E-state index contributed by atoms with van der Waals surface area (Å²) in [6, 6.07) is 5.67. The standard InChI is InChI=1S/C15H18ClN3O2/c1-20-13-8-10(16)4-7-12(13)14-18-15(21-19-14)9-2-5-11(17)6-3-9/h4,7-9,11H,2-3,5-6,17H2,1H3. The molecule has 2 aromatic rings. The van der Waals surface area contributed by atoms with Crippen molar-refractivity contribution in [2.45, 2.75) is 37.6 Å². The molecule has 1 aliphatic rings. The predicted molar refractivity (Wildman–Crippen MR) is 80.5 cm³/mol. The summed E-state index contributed by atoms with van der Waals surface area (Å²) in [5.41, 5.74) is 6.71. The molecule has 0 bridgehead atoms. The first kappa shape index (κ1) is 14.4. The van der Waals surface area contributed by atoms with Gasteiger partial charge in [0.15, 0.2) is 0 Å². The molecule has 0 amide bonds. The van der Waals surface area contributed by atoms with Crippen molar-refractivity contribution >= 4 is 11.6 Å². The Bertz CT molecular complexity index is 621. The van der Waals surface area contributed by atoms with Gasteiger partial charge in [0.1, 0.15) is 5.75 Å². The highest BCUT2D eigenvalue weighted by Gasteiger charge is 2.25. The maximum atomic E-state index is 5.97. The van der Waals surface area contributed by atoms with Crippen molar-refractivity contribution in [3.63, 3.8) is 0 Å². The fraction of sp³-hybridized carbons (Fsp3) is 0.467. The molecular formula is C15H18ClN3O2. The quantitative estimate of drug-likeness (QED) is 0.941. The Balaban J connectivity index is 1.85. The van der Waals surface area contributed by atoms with Crippen LogP contribution in [0, 0.1) is 0 Å². The van der Waals surface area contributed by atoms with E-state index in [4.69, 9.17) is 26.6 Å². The van der Waals surface area contributed by atoms with E-state index in [0.717, 1.165) is 31.2 Å². The minimum Gasteiger partial charge on any atom is -0.496 e. The molecule has 21 heavy (non-hydrogen) atoms. The number of halogens is 1. The number of hydrogen-bond donors (Lipinski definition) is 1. The summed E-state index contributed by atoms with van der Waals surface area (Å²) in [7, 11) is 1.60. The van der Waals surface area contributed by atoms with Gasteiger partial charge in [-0.2, -0.15) is 4.98 Å². The van der Waals surface area contributed by atoms with E-state index >= 15 is 0 Å². The lowest BCUT2D eigenvalue weighted by atomic mass is 9.86. The minimum atomic E-state index is 0.306. The van der Waals surface area contributed by atoms with Crippen LogP contribution in [0.25, 0.3) is 11.4 Å². The minimum absolute atomic E-state index is 0.306. The number of nitrogens with zero attached hydrogens (tertiary/aromatic N) is 2. The SMILES string of the molecule is COc1cc(Cl)ccc1-c1noc(C2CCC(N)CC2)n1. The molecule has 5 nitrogen and oxygen atoms in total. The van der Waals surface area contributed by atoms with Crippen molar-refractivity contribution in [1.29, 1.82) is 0 Å². The number of benzene rings is 1. The van der Waals surface area contributed by atoms with E-state index in [9.17, 15) is 0 Å². The largest absolute Gasteiger partial charge is 0.496 e. The molecule has 1 aliphatic carbocycles. The van der Waals surface area contributed by atoms with E-state index in [0.29, 0.717) is 34.4 Å². The van der Waals surface area contributed by atoms with Gasteiger partial charge in [0.2, 0.25) is 11.7 Å². The number of nitrogens with two attached hydrogens (primary N) is 1. The third kappa shape index (κ3) is 3.04. The van der Waals surface area contributed by atoms with E-state index in [-0.39, 0.29) is 0 Å². The molecule has 0 unspecified atom stereocenters. The highest BCUT2D eigenvalue weighted by atomic mass is 35.5.